The number of hydrogen-bond acceptors (Lipinski definition) is 4. The highest BCUT2D eigenvalue weighted by Crippen LogP contribution is 2.69. The van der Waals surface area contributed by atoms with Gasteiger partial charge in [0.1, 0.15) is 0 Å². The number of rotatable bonds is 26. The molecule has 0 saturated carbocycles. The first kappa shape index (κ1) is 76.7. The molecular formula is C56H40F34N2O4. The van der Waals surface area contributed by atoms with Crippen LogP contribution in [0.25, 0.3) is 43.1 Å². The van der Waals surface area contributed by atoms with Gasteiger partial charge in [0.15, 0.2) is 0 Å². The number of fused-ring (bicyclic) bond motifs is 2. The highest BCUT2D eigenvalue weighted by atomic mass is 19.4. The molecule has 0 atom stereocenters. The summed E-state index contributed by atoms with van der Waals surface area (Å²) in [5, 5.41) is -16.8. The molecule has 5 aromatic rings. The zero-order valence-electron chi connectivity index (χ0n) is 48.1. The van der Waals surface area contributed by atoms with Crippen LogP contribution >= 0.6 is 0 Å². The fraction of sp³-hybridized carbons (Fsp3) is 0.571. The fourth-order valence-electron chi connectivity index (χ4n) is 11.1. The van der Waals surface area contributed by atoms with E-state index in [1.165, 1.54) is 0 Å². The van der Waals surface area contributed by atoms with E-state index >= 15 is 70.2 Å². The number of nitrogens with zero attached hydrogens (tertiary/aromatic N) is 2. The van der Waals surface area contributed by atoms with Crippen molar-refractivity contribution in [2.75, 3.05) is 13.1 Å². The minimum absolute atomic E-state index is 0.0503. The van der Waals surface area contributed by atoms with Crippen LogP contribution in [0.4, 0.5) is 149 Å². The Hall–Kier alpha value is -6.70. The van der Waals surface area contributed by atoms with Crippen molar-refractivity contribution in [3.8, 4) is 0 Å². The SMILES string of the molecule is CC(C)CCCCCN1C(=O)c2ccc3c4c(C(F)(F)C(F)(F)C(F)(F)C(F)(F)C(F)(F)C(F)(F)C(F)(F)C(F)(F)F)cc5c6c(ccc(c7c(C(F)(F)C(F)(F)C(F)(F)C(F)(F)C(F)(F)C(F)(F)C(F)(F)C(F)(F)F)cc(c2c37)C1=O)c64)C(=O)N(CCCCCC(C)C)C5=O. The summed E-state index contributed by atoms with van der Waals surface area (Å²) in [6.45, 7) is 4.63. The Bertz CT molecular complexity index is 3670. The van der Waals surface area contributed by atoms with Crippen LogP contribution in [-0.2, 0) is 11.8 Å². The molecule has 5 aromatic carbocycles. The van der Waals surface area contributed by atoms with Crippen LogP contribution in [0, 0.1) is 11.8 Å². The van der Waals surface area contributed by atoms with Gasteiger partial charge in [0.05, 0.1) is 0 Å². The third-order valence-electron chi connectivity index (χ3n) is 16.5. The summed E-state index contributed by atoms with van der Waals surface area (Å²) < 4.78 is 512. The molecule has 7 rings (SSSR count). The molecule has 40 heteroatoms. The molecule has 0 fully saturated rings. The van der Waals surface area contributed by atoms with Crippen molar-refractivity contribution < 1.29 is 168 Å². The van der Waals surface area contributed by atoms with Crippen molar-refractivity contribution in [3.05, 3.63) is 69.8 Å². The van der Waals surface area contributed by atoms with Gasteiger partial charge in [0, 0.05) is 68.0 Å². The van der Waals surface area contributed by atoms with Crippen molar-refractivity contribution in [2.24, 2.45) is 11.8 Å². The van der Waals surface area contributed by atoms with Crippen LogP contribution in [0.2, 0.25) is 0 Å². The van der Waals surface area contributed by atoms with Gasteiger partial charge < -0.3 is 0 Å². The van der Waals surface area contributed by atoms with Gasteiger partial charge in [-0.15, -0.1) is 0 Å². The smallest absolute Gasteiger partial charge is 0.274 e. The number of imide groups is 2. The van der Waals surface area contributed by atoms with Crippen molar-refractivity contribution in [2.45, 2.75) is 174 Å². The van der Waals surface area contributed by atoms with Gasteiger partial charge in [-0.2, -0.15) is 149 Å². The average molecular weight is 1450 g/mol. The zero-order chi connectivity index (χ0) is 74.0. The van der Waals surface area contributed by atoms with Crippen LogP contribution in [0.3, 0.4) is 0 Å². The van der Waals surface area contributed by atoms with Gasteiger partial charge in [0.2, 0.25) is 0 Å². The van der Waals surface area contributed by atoms with Gasteiger partial charge >= 0.3 is 95.3 Å². The topological polar surface area (TPSA) is 74.8 Å². The first-order valence-corrected chi connectivity index (χ1v) is 27.4. The molecule has 2 aliphatic rings. The monoisotopic (exact) mass is 1450 g/mol. The molecule has 2 aliphatic heterocycles. The van der Waals surface area contributed by atoms with Crippen molar-refractivity contribution >= 4 is 66.7 Å². The molecule has 0 spiro atoms. The second-order valence-electron chi connectivity index (χ2n) is 23.6. The van der Waals surface area contributed by atoms with E-state index < -0.39 is 233 Å². The summed E-state index contributed by atoms with van der Waals surface area (Å²) in [5.41, 5.74) is -13.6. The lowest BCUT2D eigenvalue weighted by atomic mass is 9.76. The molecule has 0 saturated heterocycles. The van der Waals surface area contributed by atoms with E-state index in [0.29, 0.717) is 12.8 Å². The highest BCUT2D eigenvalue weighted by molar-refractivity contribution is 6.42. The van der Waals surface area contributed by atoms with E-state index in [4.69, 9.17) is 0 Å². The zero-order valence-corrected chi connectivity index (χ0v) is 48.1. The summed E-state index contributed by atoms with van der Waals surface area (Å²) in [6.07, 6.45) is -16.3. The number of carbonyl (C=O) groups excluding carboxylic acids is 4. The predicted octanol–water partition coefficient (Wildman–Crippen LogP) is 20.3. The Morgan fingerprint density at radius 3 is 0.771 bits per heavy atom. The maximum atomic E-state index is 17.4. The molecule has 0 unspecified atom stereocenters. The molecule has 0 N–H and O–H groups in total. The van der Waals surface area contributed by atoms with E-state index in [0.717, 1.165) is 0 Å². The lowest BCUT2D eigenvalue weighted by Gasteiger charge is -2.43. The maximum Gasteiger partial charge on any atom is 0.460 e. The van der Waals surface area contributed by atoms with E-state index in [9.17, 15) is 98.2 Å². The quantitative estimate of drug-likeness (QED) is 0.0182. The first-order chi connectivity index (χ1) is 42.9. The van der Waals surface area contributed by atoms with Crippen molar-refractivity contribution in [1.29, 1.82) is 0 Å². The number of amides is 4. The maximum absolute atomic E-state index is 17.4. The Kier molecular flexibility index (Phi) is 18.3. The van der Waals surface area contributed by atoms with E-state index in [1.54, 1.807) is 27.7 Å². The third-order valence-corrected chi connectivity index (χ3v) is 16.5. The second-order valence-corrected chi connectivity index (χ2v) is 23.6. The Labute approximate surface area is 513 Å². The number of benzene rings is 5. The van der Waals surface area contributed by atoms with Crippen molar-refractivity contribution in [3.63, 3.8) is 0 Å². The van der Waals surface area contributed by atoms with Gasteiger partial charge in [-0.25, -0.2) is 0 Å². The molecule has 536 valence electrons. The number of halogens is 34. The summed E-state index contributed by atoms with van der Waals surface area (Å²) in [5.74, 6) is -133. The molecule has 0 aromatic heterocycles. The molecular weight excluding hydrogens is 1410 g/mol. The first-order valence-electron chi connectivity index (χ1n) is 27.4. The molecule has 0 aliphatic carbocycles. The standard InChI is InChI=1S/C56H40F34N2O4/c1-21(2)11-7-5-9-17-91-37(93)25-15-13-23-34-30(42(59,60)44(63,64)46(67,68)48(71,72)50(75,76)52(79,80)54(83,84)56(88,89)90)20-28-32-26(38(94)92(40(28)96)18-10-6-8-12-22(3)4)16-14-24(36(32)34)33-29(19-27(39(91)95)31(25)35(23)33)41(57,58)43(61,62)45(65,66)47(69,70)49(73,74)51(77,78)53(81,82)55(85,86)87/h13-16,19-22H,5-12,17-18H2,1-4H3. The second kappa shape index (κ2) is 22.9. The minimum atomic E-state index is -9.38. The Morgan fingerprint density at radius 2 is 0.521 bits per heavy atom. The average Bonchev–Trinajstić information content (AvgIpc) is 0.675. The van der Waals surface area contributed by atoms with E-state index in [-0.39, 0.29) is 71.6 Å². The van der Waals surface area contributed by atoms with Crippen LogP contribution in [0.5, 0.6) is 0 Å². The third kappa shape index (κ3) is 10.1. The highest BCUT2D eigenvalue weighted by Gasteiger charge is 2.97. The van der Waals surface area contributed by atoms with Gasteiger partial charge in [-0.05, 0) is 70.5 Å². The summed E-state index contributed by atoms with van der Waals surface area (Å²) >= 11 is 0. The van der Waals surface area contributed by atoms with Crippen LogP contribution in [0.1, 0.15) is 132 Å². The van der Waals surface area contributed by atoms with E-state index in [2.05, 4.69) is 0 Å². The predicted molar refractivity (Wildman–Crippen MR) is 264 cm³/mol. The lowest BCUT2D eigenvalue weighted by molar-refractivity contribution is -0.462. The summed E-state index contributed by atoms with van der Waals surface area (Å²) in [7, 11) is 0. The van der Waals surface area contributed by atoms with Gasteiger partial charge in [0.25, 0.3) is 23.6 Å². The van der Waals surface area contributed by atoms with Gasteiger partial charge in [-0.1, -0.05) is 78.4 Å². The summed E-state index contributed by atoms with van der Waals surface area (Å²) in [4.78, 5) is 57.3. The molecule has 4 amide bonds. The molecule has 0 radical (unpaired) electrons. The molecule has 0 bridgehead atoms. The van der Waals surface area contributed by atoms with E-state index in [1.807, 2.05) is 0 Å². The Morgan fingerprint density at radius 1 is 0.281 bits per heavy atom. The fourth-order valence-corrected chi connectivity index (χ4v) is 11.1. The molecule has 96 heavy (non-hydrogen) atoms. The summed E-state index contributed by atoms with van der Waals surface area (Å²) in [6, 6.07) is -1.91. The Balaban J connectivity index is 1.69. The number of alkyl halides is 34. The largest absolute Gasteiger partial charge is 0.460 e. The van der Waals surface area contributed by atoms with Crippen molar-refractivity contribution in [1.82, 2.24) is 9.80 Å². The molecule has 6 nitrogen and oxygen atoms in total. The molecule has 2 heterocycles. The van der Waals surface area contributed by atoms with Crippen LogP contribution in [0.15, 0.2) is 36.4 Å². The number of unbranched alkanes of at least 4 members (excludes halogenated alkanes) is 4. The number of carbonyl (C=O) groups is 4. The lowest BCUT2D eigenvalue weighted by Crippen LogP contribution is -2.74. The normalized spacial score (nSPS) is 16.5. The number of hydrogen-bond donors (Lipinski definition) is 0. The van der Waals surface area contributed by atoms with Gasteiger partial charge in [-0.3, -0.25) is 29.0 Å². The minimum Gasteiger partial charge on any atom is -0.274 e. The van der Waals surface area contributed by atoms with Crippen LogP contribution in [-0.4, -0.2) is 130 Å². The van der Waals surface area contributed by atoms with Crippen LogP contribution < -0.4 is 0 Å².